The second kappa shape index (κ2) is 2.56. The summed E-state index contributed by atoms with van der Waals surface area (Å²) >= 11 is 0. The Kier molecular flexibility index (Phi) is 1.46. The standard InChI is InChI=1S/C11H10FNO/c12-8-1-4-10-7(5-8)6-13(11(10)14)9-2-3-9/h1,4-5,9H,2-3,6H2. The number of amides is 1. The first-order chi connectivity index (χ1) is 6.75. The summed E-state index contributed by atoms with van der Waals surface area (Å²) < 4.78 is 12.9. The fourth-order valence-corrected chi connectivity index (χ4v) is 1.99. The number of fused-ring (bicyclic) bond motifs is 1. The molecule has 0 aromatic heterocycles. The molecule has 0 unspecified atom stereocenters. The number of hydrogen-bond acceptors (Lipinski definition) is 1. The zero-order chi connectivity index (χ0) is 9.71. The van der Waals surface area contributed by atoms with Crippen LogP contribution in [0, 0.1) is 5.82 Å². The third kappa shape index (κ3) is 1.05. The summed E-state index contributed by atoms with van der Waals surface area (Å²) in [4.78, 5) is 13.6. The largest absolute Gasteiger partial charge is 0.331 e. The number of rotatable bonds is 1. The minimum absolute atomic E-state index is 0.0718. The van der Waals surface area contributed by atoms with Crippen LogP contribution in [0.1, 0.15) is 28.8 Å². The van der Waals surface area contributed by atoms with E-state index in [0.29, 0.717) is 18.2 Å². The van der Waals surface area contributed by atoms with Crippen LogP contribution < -0.4 is 0 Å². The quantitative estimate of drug-likeness (QED) is 0.664. The molecule has 0 radical (unpaired) electrons. The SMILES string of the molecule is O=C1c2ccc(F)cc2CN1C1CC1. The van der Waals surface area contributed by atoms with Crippen LogP contribution in [0.2, 0.25) is 0 Å². The van der Waals surface area contributed by atoms with Gasteiger partial charge >= 0.3 is 0 Å². The Morgan fingerprint density at radius 2 is 2.14 bits per heavy atom. The van der Waals surface area contributed by atoms with Crippen LogP contribution in [0.25, 0.3) is 0 Å². The van der Waals surface area contributed by atoms with Crippen molar-refractivity contribution in [3.05, 3.63) is 35.1 Å². The lowest BCUT2D eigenvalue weighted by Gasteiger charge is -2.13. The van der Waals surface area contributed by atoms with Crippen molar-refractivity contribution in [2.45, 2.75) is 25.4 Å². The van der Waals surface area contributed by atoms with Crippen LogP contribution in [0.4, 0.5) is 4.39 Å². The Bertz CT molecular complexity index is 412. The van der Waals surface area contributed by atoms with Crippen molar-refractivity contribution in [1.29, 1.82) is 0 Å². The molecule has 0 atom stereocenters. The Labute approximate surface area is 81.3 Å². The summed E-state index contributed by atoms with van der Waals surface area (Å²) in [5.41, 5.74) is 1.51. The summed E-state index contributed by atoms with van der Waals surface area (Å²) in [7, 11) is 0. The molecule has 3 rings (SSSR count). The lowest BCUT2D eigenvalue weighted by atomic mass is 10.1. The molecule has 1 aromatic rings. The first-order valence-corrected chi connectivity index (χ1v) is 4.85. The fourth-order valence-electron chi connectivity index (χ4n) is 1.99. The highest BCUT2D eigenvalue weighted by molar-refractivity contribution is 5.98. The normalized spacial score (nSPS) is 20.1. The molecule has 1 aliphatic carbocycles. The molecule has 0 N–H and O–H groups in total. The molecule has 14 heavy (non-hydrogen) atoms. The number of carbonyl (C=O) groups is 1. The van der Waals surface area contributed by atoms with Crippen LogP contribution >= 0.6 is 0 Å². The minimum atomic E-state index is -0.255. The van der Waals surface area contributed by atoms with Gasteiger partial charge in [0.25, 0.3) is 5.91 Å². The predicted octanol–water partition coefficient (Wildman–Crippen LogP) is 1.94. The zero-order valence-corrected chi connectivity index (χ0v) is 7.66. The van der Waals surface area contributed by atoms with Gasteiger partial charge in [0.2, 0.25) is 0 Å². The molecule has 1 aromatic carbocycles. The number of nitrogens with zero attached hydrogens (tertiary/aromatic N) is 1. The van der Waals surface area contributed by atoms with Gasteiger partial charge in [-0.1, -0.05) is 0 Å². The monoisotopic (exact) mass is 191 g/mol. The number of benzene rings is 1. The Hall–Kier alpha value is -1.38. The Morgan fingerprint density at radius 3 is 2.86 bits per heavy atom. The van der Waals surface area contributed by atoms with Crippen molar-refractivity contribution in [3.63, 3.8) is 0 Å². The molecular formula is C11H10FNO. The van der Waals surface area contributed by atoms with E-state index in [1.54, 1.807) is 6.07 Å². The van der Waals surface area contributed by atoms with Gasteiger partial charge < -0.3 is 4.90 Å². The lowest BCUT2D eigenvalue weighted by Crippen LogP contribution is -2.25. The highest BCUT2D eigenvalue weighted by Gasteiger charge is 2.38. The average Bonchev–Trinajstić information content (AvgIpc) is 2.93. The highest BCUT2D eigenvalue weighted by Crippen LogP contribution is 2.34. The third-order valence-corrected chi connectivity index (χ3v) is 2.89. The number of hydrogen-bond donors (Lipinski definition) is 0. The van der Waals surface area contributed by atoms with E-state index < -0.39 is 0 Å². The fraction of sp³-hybridized carbons (Fsp3) is 0.364. The maximum Gasteiger partial charge on any atom is 0.254 e. The third-order valence-electron chi connectivity index (χ3n) is 2.89. The van der Waals surface area contributed by atoms with Gasteiger partial charge in [0.1, 0.15) is 5.82 Å². The summed E-state index contributed by atoms with van der Waals surface area (Å²) in [6.07, 6.45) is 2.20. The van der Waals surface area contributed by atoms with Gasteiger partial charge in [0, 0.05) is 18.2 Å². The van der Waals surface area contributed by atoms with Crippen molar-refractivity contribution in [3.8, 4) is 0 Å². The van der Waals surface area contributed by atoms with Crippen LogP contribution in [0.15, 0.2) is 18.2 Å². The summed E-state index contributed by atoms with van der Waals surface area (Å²) in [6, 6.07) is 4.83. The molecule has 1 aliphatic heterocycles. The molecular weight excluding hydrogens is 181 g/mol. The van der Waals surface area contributed by atoms with E-state index in [1.807, 2.05) is 4.90 Å². The predicted molar refractivity (Wildman–Crippen MR) is 49.3 cm³/mol. The second-order valence-electron chi connectivity index (χ2n) is 3.97. The molecule has 1 fully saturated rings. The Morgan fingerprint density at radius 1 is 1.36 bits per heavy atom. The lowest BCUT2D eigenvalue weighted by molar-refractivity contribution is 0.0766. The number of carbonyl (C=O) groups excluding carboxylic acids is 1. The van der Waals surface area contributed by atoms with Gasteiger partial charge in [-0.15, -0.1) is 0 Å². The number of halogens is 1. The minimum Gasteiger partial charge on any atom is -0.331 e. The van der Waals surface area contributed by atoms with Gasteiger partial charge in [0.15, 0.2) is 0 Å². The van der Waals surface area contributed by atoms with Crippen molar-refractivity contribution >= 4 is 5.91 Å². The molecule has 1 saturated carbocycles. The maximum atomic E-state index is 12.9. The molecule has 0 bridgehead atoms. The average molecular weight is 191 g/mol. The van der Waals surface area contributed by atoms with Gasteiger partial charge in [0.05, 0.1) is 0 Å². The summed E-state index contributed by atoms with van der Waals surface area (Å²) in [6.45, 7) is 0.594. The van der Waals surface area contributed by atoms with Crippen LogP contribution in [-0.2, 0) is 6.54 Å². The highest BCUT2D eigenvalue weighted by atomic mass is 19.1. The van der Waals surface area contributed by atoms with E-state index in [-0.39, 0.29) is 11.7 Å². The van der Waals surface area contributed by atoms with E-state index in [9.17, 15) is 9.18 Å². The van der Waals surface area contributed by atoms with E-state index in [2.05, 4.69) is 0 Å². The van der Waals surface area contributed by atoms with Gasteiger partial charge in [-0.25, -0.2) is 4.39 Å². The maximum absolute atomic E-state index is 12.9. The van der Waals surface area contributed by atoms with Crippen LogP contribution in [-0.4, -0.2) is 16.8 Å². The first kappa shape index (κ1) is 7.97. The van der Waals surface area contributed by atoms with Crippen molar-refractivity contribution in [2.75, 3.05) is 0 Å². The smallest absolute Gasteiger partial charge is 0.254 e. The van der Waals surface area contributed by atoms with Crippen molar-refractivity contribution < 1.29 is 9.18 Å². The topological polar surface area (TPSA) is 20.3 Å². The Balaban J connectivity index is 2.01. The molecule has 0 saturated heterocycles. The van der Waals surface area contributed by atoms with E-state index in [1.165, 1.54) is 12.1 Å². The second-order valence-corrected chi connectivity index (χ2v) is 3.97. The molecule has 1 amide bonds. The summed E-state index contributed by atoms with van der Waals surface area (Å²) in [5.74, 6) is -0.184. The molecule has 0 spiro atoms. The van der Waals surface area contributed by atoms with Gasteiger partial charge in [-0.05, 0) is 36.6 Å². The van der Waals surface area contributed by atoms with Crippen molar-refractivity contribution in [1.82, 2.24) is 4.90 Å². The molecule has 1 heterocycles. The van der Waals surface area contributed by atoms with Crippen LogP contribution in [0.3, 0.4) is 0 Å². The van der Waals surface area contributed by atoms with Gasteiger partial charge in [-0.3, -0.25) is 4.79 Å². The molecule has 72 valence electrons. The van der Waals surface area contributed by atoms with E-state index in [0.717, 1.165) is 18.4 Å². The van der Waals surface area contributed by atoms with E-state index >= 15 is 0 Å². The first-order valence-electron chi connectivity index (χ1n) is 4.85. The molecule has 2 nitrogen and oxygen atoms in total. The van der Waals surface area contributed by atoms with Gasteiger partial charge in [-0.2, -0.15) is 0 Å². The molecule has 2 aliphatic rings. The van der Waals surface area contributed by atoms with E-state index in [4.69, 9.17) is 0 Å². The molecule has 3 heteroatoms. The van der Waals surface area contributed by atoms with Crippen LogP contribution in [0.5, 0.6) is 0 Å². The zero-order valence-electron chi connectivity index (χ0n) is 7.66. The van der Waals surface area contributed by atoms with Crippen molar-refractivity contribution in [2.24, 2.45) is 0 Å². The summed E-state index contributed by atoms with van der Waals surface area (Å²) in [5, 5.41) is 0.